The minimum absolute atomic E-state index is 0.171. The number of hydrogen-bond acceptors (Lipinski definition) is 3. The zero-order valence-electron chi connectivity index (χ0n) is 20.1. The summed E-state index contributed by atoms with van der Waals surface area (Å²) in [5.41, 5.74) is 6.28. The Kier molecular flexibility index (Phi) is 6.62. The Morgan fingerprint density at radius 2 is 1.78 bits per heavy atom. The van der Waals surface area contributed by atoms with Gasteiger partial charge < -0.3 is 10.1 Å². The molecule has 1 aliphatic heterocycles. The standard InChI is InChI=1S/C32H26BrFN2O/c33-28-18-21(12-17-31(28)37-20-23-6-1-3-10-29(23)34)19-35-24-15-13-22(14-16-24)32-27-9-5-8-25(27)26-7-2-4-11-30(26)36-32/h1-8,10-19,25,27,32,36H,9,20H2/t25-,27+,32+/m1/s1. The van der Waals surface area contributed by atoms with Crippen molar-refractivity contribution in [2.75, 3.05) is 5.32 Å². The van der Waals surface area contributed by atoms with E-state index < -0.39 is 0 Å². The molecule has 37 heavy (non-hydrogen) atoms. The Morgan fingerprint density at radius 1 is 0.973 bits per heavy atom. The number of rotatable bonds is 6. The largest absolute Gasteiger partial charge is 0.488 e. The minimum atomic E-state index is -0.266. The normalized spacial score (nSPS) is 19.9. The lowest BCUT2D eigenvalue weighted by molar-refractivity contribution is 0.298. The first-order valence-corrected chi connectivity index (χ1v) is 13.3. The molecule has 3 nitrogen and oxygen atoms in total. The molecule has 0 bridgehead atoms. The topological polar surface area (TPSA) is 33.6 Å². The smallest absolute Gasteiger partial charge is 0.134 e. The summed E-state index contributed by atoms with van der Waals surface area (Å²) in [5, 5.41) is 3.78. The van der Waals surface area contributed by atoms with Gasteiger partial charge in [-0.25, -0.2) is 4.39 Å². The first kappa shape index (κ1) is 23.7. The first-order chi connectivity index (χ1) is 18.2. The predicted molar refractivity (Wildman–Crippen MR) is 151 cm³/mol. The summed E-state index contributed by atoms with van der Waals surface area (Å²) < 4.78 is 20.5. The van der Waals surface area contributed by atoms with Gasteiger partial charge >= 0.3 is 0 Å². The number of benzene rings is 4. The number of hydrogen-bond donors (Lipinski definition) is 1. The zero-order valence-corrected chi connectivity index (χ0v) is 21.7. The molecule has 184 valence electrons. The van der Waals surface area contributed by atoms with Crippen molar-refractivity contribution < 1.29 is 9.13 Å². The average Bonchev–Trinajstić information content (AvgIpc) is 3.43. The molecule has 4 aromatic rings. The molecule has 5 heteroatoms. The highest BCUT2D eigenvalue weighted by Gasteiger charge is 2.37. The molecule has 6 rings (SSSR count). The average molecular weight is 553 g/mol. The van der Waals surface area contributed by atoms with Crippen LogP contribution < -0.4 is 10.1 Å². The van der Waals surface area contributed by atoms with Crippen molar-refractivity contribution in [1.29, 1.82) is 0 Å². The highest BCUT2D eigenvalue weighted by atomic mass is 79.9. The van der Waals surface area contributed by atoms with E-state index in [2.05, 4.69) is 86.9 Å². The van der Waals surface area contributed by atoms with E-state index in [0.29, 0.717) is 23.1 Å². The molecule has 2 aliphatic rings. The van der Waals surface area contributed by atoms with Crippen LogP contribution in [0.4, 0.5) is 15.8 Å². The van der Waals surface area contributed by atoms with Gasteiger partial charge in [0.05, 0.1) is 16.2 Å². The quantitative estimate of drug-likeness (QED) is 0.191. The van der Waals surface area contributed by atoms with Crippen LogP contribution in [0.25, 0.3) is 0 Å². The molecule has 0 unspecified atom stereocenters. The van der Waals surface area contributed by atoms with E-state index in [1.807, 2.05) is 24.4 Å². The SMILES string of the molecule is Fc1ccccc1COc1ccc(C=Nc2ccc([C@@H]3Nc4ccccc4[C@H]4C=CC[C@@H]43)cc2)cc1Br. The second kappa shape index (κ2) is 10.3. The van der Waals surface area contributed by atoms with Gasteiger partial charge in [-0.05, 0) is 87.4 Å². The third kappa shape index (κ3) is 4.96. The third-order valence-electron chi connectivity index (χ3n) is 7.18. The van der Waals surface area contributed by atoms with Crippen molar-refractivity contribution in [3.05, 3.63) is 136 Å². The maximum absolute atomic E-state index is 13.9. The maximum Gasteiger partial charge on any atom is 0.134 e. The summed E-state index contributed by atoms with van der Waals surface area (Å²) in [6, 6.07) is 29.8. The van der Waals surface area contributed by atoms with E-state index in [0.717, 1.165) is 22.1 Å². The van der Waals surface area contributed by atoms with Gasteiger partial charge in [0.2, 0.25) is 0 Å². The van der Waals surface area contributed by atoms with Crippen molar-refractivity contribution in [2.24, 2.45) is 10.9 Å². The monoisotopic (exact) mass is 552 g/mol. The number of halogens is 2. The Hall–Kier alpha value is -3.70. The summed E-state index contributed by atoms with van der Waals surface area (Å²) in [6.07, 6.45) is 7.61. The van der Waals surface area contributed by atoms with Gasteiger partial charge in [0.25, 0.3) is 0 Å². The number of nitrogens with zero attached hydrogens (tertiary/aromatic N) is 1. The molecule has 1 N–H and O–H groups in total. The van der Waals surface area contributed by atoms with Gasteiger partial charge in [-0.15, -0.1) is 0 Å². The molecule has 0 saturated carbocycles. The van der Waals surface area contributed by atoms with Crippen molar-refractivity contribution in [3.8, 4) is 5.75 Å². The molecule has 4 aromatic carbocycles. The molecule has 0 spiro atoms. The molecule has 0 radical (unpaired) electrons. The lowest BCUT2D eigenvalue weighted by Gasteiger charge is -2.37. The van der Waals surface area contributed by atoms with Crippen LogP contribution in [0.15, 0.2) is 113 Å². The fourth-order valence-corrected chi connectivity index (χ4v) is 5.79. The third-order valence-corrected chi connectivity index (χ3v) is 7.80. The summed E-state index contributed by atoms with van der Waals surface area (Å²) >= 11 is 3.56. The number of ether oxygens (including phenoxy) is 1. The summed E-state index contributed by atoms with van der Waals surface area (Å²) in [6.45, 7) is 0.171. The molecule has 1 heterocycles. The Labute approximate surface area is 224 Å². The fourth-order valence-electron chi connectivity index (χ4n) is 5.28. The first-order valence-electron chi connectivity index (χ1n) is 12.5. The minimum Gasteiger partial charge on any atom is -0.488 e. The number of fused-ring (bicyclic) bond motifs is 3. The highest BCUT2D eigenvalue weighted by molar-refractivity contribution is 9.10. The van der Waals surface area contributed by atoms with Crippen LogP contribution >= 0.6 is 15.9 Å². The lowest BCUT2D eigenvalue weighted by Crippen LogP contribution is -2.28. The highest BCUT2D eigenvalue weighted by Crippen LogP contribution is 2.49. The second-order valence-electron chi connectivity index (χ2n) is 9.48. The molecule has 1 aliphatic carbocycles. The Bertz CT molecular complexity index is 1480. The van der Waals surface area contributed by atoms with Gasteiger partial charge in [-0.1, -0.05) is 60.7 Å². The summed E-state index contributed by atoms with van der Waals surface area (Å²) in [5.74, 6) is 1.39. The van der Waals surface area contributed by atoms with Crippen LogP contribution in [0.3, 0.4) is 0 Å². The molecule has 0 aromatic heterocycles. The number of allylic oxidation sites excluding steroid dienone is 2. The summed E-state index contributed by atoms with van der Waals surface area (Å²) in [4.78, 5) is 4.67. The molecule has 0 amide bonds. The van der Waals surface area contributed by atoms with Crippen LogP contribution in [-0.2, 0) is 6.61 Å². The number of para-hydroxylation sites is 1. The van der Waals surface area contributed by atoms with Crippen LogP contribution in [-0.4, -0.2) is 6.21 Å². The molecular weight excluding hydrogens is 527 g/mol. The molecular formula is C32H26BrFN2O. The van der Waals surface area contributed by atoms with Gasteiger partial charge in [0.1, 0.15) is 18.2 Å². The summed E-state index contributed by atoms with van der Waals surface area (Å²) in [7, 11) is 0. The van der Waals surface area contributed by atoms with Crippen LogP contribution in [0, 0.1) is 11.7 Å². The van der Waals surface area contributed by atoms with Crippen molar-refractivity contribution >= 4 is 33.5 Å². The number of anilines is 1. The van der Waals surface area contributed by atoms with E-state index in [4.69, 9.17) is 4.74 Å². The Morgan fingerprint density at radius 3 is 2.62 bits per heavy atom. The molecule has 3 atom stereocenters. The Balaban J connectivity index is 1.13. The molecule has 0 fully saturated rings. The van der Waals surface area contributed by atoms with Crippen LogP contribution in [0.5, 0.6) is 5.75 Å². The zero-order chi connectivity index (χ0) is 25.2. The van der Waals surface area contributed by atoms with Gasteiger partial charge in [0, 0.05) is 23.4 Å². The van der Waals surface area contributed by atoms with Gasteiger partial charge in [-0.3, -0.25) is 4.99 Å². The van der Waals surface area contributed by atoms with E-state index in [1.165, 1.54) is 22.9 Å². The molecule has 0 saturated heterocycles. The van der Waals surface area contributed by atoms with Gasteiger partial charge in [-0.2, -0.15) is 0 Å². The van der Waals surface area contributed by atoms with Crippen molar-refractivity contribution in [3.63, 3.8) is 0 Å². The van der Waals surface area contributed by atoms with E-state index in [1.54, 1.807) is 18.2 Å². The number of nitrogens with one attached hydrogen (secondary N) is 1. The fraction of sp³-hybridized carbons (Fsp3) is 0.156. The predicted octanol–water partition coefficient (Wildman–Crippen LogP) is 8.74. The van der Waals surface area contributed by atoms with E-state index in [9.17, 15) is 4.39 Å². The van der Waals surface area contributed by atoms with E-state index in [-0.39, 0.29) is 18.5 Å². The van der Waals surface area contributed by atoms with Crippen molar-refractivity contribution in [1.82, 2.24) is 0 Å². The maximum atomic E-state index is 13.9. The number of aliphatic imine (C=N–C) groups is 1. The second-order valence-corrected chi connectivity index (χ2v) is 10.3. The van der Waals surface area contributed by atoms with Crippen molar-refractivity contribution in [2.45, 2.75) is 25.0 Å². The van der Waals surface area contributed by atoms with Gasteiger partial charge in [0.15, 0.2) is 0 Å². The lowest BCUT2D eigenvalue weighted by atomic mass is 9.77. The van der Waals surface area contributed by atoms with Crippen LogP contribution in [0.2, 0.25) is 0 Å². The van der Waals surface area contributed by atoms with Crippen LogP contribution in [0.1, 0.15) is 40.6 Å². The van der Waals surface area contributed by atoms with E-state index >= 15 is 0 Å².